The highest BCUT2D eigenvalue weighted by molar-refractivity contribution is 6.02. The van der Waals surface area contributed by atoms with Crippen LogP contribution in [0.15, 0.2) is 84.9 Å². The van der Waals surface area contributed by atoms with Crippen molar-refractivity contribution in [1.29, 1.82) is 0 Å². The smallest absolute Gasteiger partial charge is 0.322 e. The van der Waals surface area contributed by atoms with Crippen molar-refractivity contribution in [3.05, 3.63) is 118 Å². The van der Waals surface area contributed by atoms with E-state index in [-0.39, 0.29) is 16.6 Å². The normalized spacial score (nSPS) is 14.9. The number of nitrogens with one attached hydrogen (secondary N) is 8. The number of hydrogen-bond donors (Lipinski definition) is 8. The van der Waals surface area contributed by atoms with Gasteiger partial charge in [0.05, 0.1) is 72.9 Å². The van der Waals surface area contributed by atoms with Gasteiger partial charge in [0.1, 0.15) is 23.0 Å². The van der Waals surface area contributed by atoms with E-state index >= 15 is 0 Å². The van der Waals surface area contributed by atoms with E-state index in [0.717, 1.165) is 52.4 Å². The van der Waals surface area contributed by atoms with Crippen LogP contribution in [0.25, 0.3) is 79.8 Å². The fourth-order valence-corrected chi connectivity index (χ4v) is 9.24. The molecule has 0 atom stereocenters. The molecule has 0 spiro atoms. The number of aromatic amines is 2. The molecule has 3 aromatic heterocycles. The number of nitro groups is 1. The number of H-pyrrole nitrogens is 2. The third-order valence-electron chi connectivity index (χ3n) is 13.0. The van der Waals surface area contributed by atoms with E-state index in [2.05, 4.69) is 41.9 Å². The number of nitro benzene ring substituents is 1. The second kappa shape index (κ2) is 24.1. The number of benzene rings is 3. The zero-order valence-corrected chi connectivity index (χ0v) is 42.0. The van der Waals surface area contributed by atoms with Gasteiger partial charge >= 0.3 is 6.03 Å². The SMILES string of the molecule is COc1cc(OC)cc(-c2c3nc(c(-c4ccccc4[N+](=O)[O-])c4ccc([nH]4)c(-c4cc(OC)cc(OC)c4)c4nc(c(NC(=O)N5CCNCCNCCNCCNCCNCC5)c5ccc2[nH]5)C=C4)C=C3)c1. The number of amides is 2. The number of aromatic nitrogens is 4. The first-order valence-electron chi connectivity index (χ1n) is 24.7. The molecule has 1 fully saturated rings. The van der Waals surface area contributed by atoms with Gasteiger partial charge in [0.25, 0.3) is 5.69 Å². The summed E-state index contributed by atoms with van der Waals surface area (Å²) in [6.45, 7) is 8.69. The van der Waals surface area contributed by atoms with Gasteiger partial charge in [-0.1, -0.05) is 12.1 Å². The van der Waals surface area contributed by atoms with Crippen LogP contribution in [0.3, 0.4) is 0 Å². The van der Waals surface area contributed by atoms with Gasteiger partial charge in [0, 0.05) is 130 Å². The molecule has 2 amide bonds. The van der Waals surface area contributed by atoms with Crippen molar-refractivity contribution in [2.75, 3.05) is 112 Å². The molecule has 74 heavy (non-hydrogen) atoms. The molecule has 0 unspecified atom stereocenters. The predicted molar refractivity (Wildman–Crippen MR) is 293 cm³/mol. The number of para-hydroxylation sites is 1. The lowest BCUT2D eigenvalue weighted by Gasteiger charge is -2.24. The molecule has 3 aliphatic heterocycles. The van der Waals surface area contributed by atoms with Crippen LogP contribution in [-0.2, 0) is 0 Å². The van der Waals surface area contributed by atoms with Gasteiger partial charge in [-0.3, -0.25) is 10.1 Å². The minimum absolute atomic E-state index is 0.0855. The zero-order valence-electron chi connectivity index (χ0n) is 42.0. The number of nitrogens with zero attached hydrogens (tertiary/aromatic N) is 4. The Morgan fingerprint density at radius 1 is 0.527 bits per heavy atom. The molecule has 19 heteroatoms. The monoisotopic (exact) mass is 1000 g/mol. The van der Waals surface area contributed by atoms with Gasteiger partial charge in [0.2, 0.25) is 0 Å². The third-order valence-corrected chi connectivity index (χ3v) is 13.0. The van der Waals surface area contributed by atoms with Crippen LogP contribution in [-0.4, -0.2) is 143 Å². The average molecular weight is 1000 g/mol. The van der Waals surface area contributed by atoms with E-state index in [0.29, 0.717) is 133 Å². The summed E-state index contributed by atoms with van der Waals surface area (Å²) in [4.78, 5) is 46.9. The molecule has 0 aliphatic carbocycles. The number of methoxy groups -OCH3 is 4. The van der Waals surface area contributed by atoms with Crippen molar-refractivity contribution >= 4 is 63.8 Å². The number of hydrogen-bond acceptors (Lipinski definition) is 14. The van der Waals surface area contributed by atoms with E-state index in [1.807, 2.05) is 77.7 Å². The maximum absolute atomic E-state index is 14.9. The van der Waals surface area contributed by atoms with E-state index in [1.165, 1.54) is 6.07 Å². The van der Waals surface area contributed by atoms with Gasteiger partial charge < -0.3 is 65.7 Å². The summed E-state index contributed by atoms with van der Waals surface area (Å²) in [5, 5.41) is 33.4. The fourth-order valence-electron chi connectivity index (χ4n) is 9.24. The van der Waals surface area contributed by atoms with E-state index in [9.17, 15) is 14.9 Å². The van der Waals surface area contributed by atoms with Gasteiger partial charge in [-0.2, -0.15) is 0 Å². The number of ether oxygens (including phenoxy) is 4. The van der Waals surface area contributed by atoms with Crippen LogP contribution in [0.1, 0.15) is 22.8 Å². The van der Waals surface area contributed by atoms with Gasteiger partial charge in [-0.15, -0.1) is 0 Å². The Labute approximate surface area is 429 Å². The highest BCUT2D eigenvalue weighted by Gasteiger charge is 2.24. The molecule has 0 saturated carbocycles. The summed E-state index contributed by atoms with van der Waals surface area (Å²) >= 11 is 0. The van der Waals surface area contributed by atoms with Crippen LogP contribution in [0.5, 0.6) is 23.0 Å². The second-order valence-corrected chi connectivity index (χ2v) is 17.6. The minimum atomic E-state index is -0.384. The largest absolute Gasteiger partial charge is 0.497 e. The Balaban J connectivity index is 1.29. The second-order valence-electron chi connectivity index (χ2n) is 17.6. The third kappa shape index (κ3) is 11.7. The molecule has 6 aromatic rings. The summed E-state index contributed by atoms with van der Waals surface area (Å²) in [7, 11) is 6.37. The fraction of sp³-hybridized carbons (Fsp3) is 0.291. The molecule has 3 aromatic carbocycles. The van der Waals surface area contributed by atoms with Crippen LogP contribution in [0.4, 0.5) is 16.2 Å². The Hall–Kier alpha value is -8.07. The van der Waals surface area contributed by atoms with Gasteiger partial charge in [-0.25, -0.2) is 14.8 Å². The minimum Gasteiger partial charge on any atom is -0.497 e. The quantitative estimate of drug-likeness (QED) is 0.0521. The van der Waals surface area contributed by atoms with Crippen molar-refractivity contribution in [2.24, 2.45) is 0 Å². The lowest BCUT2D eigenvalue weighted by atomic mass is 10.0. The van der Waals surface area contributed by atoms with Crippen molar-refractivity contribution in [1.82, 2.24) is 51.4 Å². The standard InChI is InChI=1S/C55H62N12O7/c1-71-37-29-35(30-38(33-37)72-2)51-42-9-11-46(61-42)53(41-7-5-6-8-50(41)67(69)70)47-12-10-43(62-47)52(36-31-39(73-3)34-40(32-36)74-4)45-14-16-49(64-45)54(48-15-13-44(51)63-48)65-55(68)66-27-25-59-23-21-57-19-17-56-18-20-58-22-24-60-26-28-66/h5-16,29-34,56-61,64H,17-28H2,1-4H3,(H,65,68). The Bertz CT molecular complexity index is 3120. The first-order chi connectivity index (χ1) is 36.2. The summed E-state index contributed by atoms with van der Waals surface area (Å²) in [6, 6.07) is 25.2. The number of urea groups is 1. The molecule has 9 rings (SSSR count). The number of anilines is 1. The summed E-state index contributed by atoms with van der Waals surface area (Å²) in [5.74, 6) is 2.22. The predicted octanol–water partition coefficient (Wildman–Crippen LogP) is 7.39. The lowest BCUT2D eigenvalue weighted by molar-refractivity contribution is -0.384. The molecule has 8 N–H and O–H groups in total. The molecule has 8 bridgehead atoms. The highest BCUT2D eigenvalue weighted by atomic mass is 16.6. The molecule has 3 aliphatic rings. The average Bonchev–Trinajstić information content (AvgIpc) is 4.28. The summed E-state index contributed by atoms with van der Waals surface area (Å²) in [5.41, 5.74) is 8.55. The molecule has 19 nitrogen and oxygen atoms in total. The molecular formula is C55H62N12O7. The molecule has 6 heterocycles. The van der Waals surface area contributed by atoms with Crippen molar-refractivity contribution in [3.63, 3.8) is 0 Å². The lowest BCUT2D eigenvalue weighted by Crippen LogP contribution is -2.44. The van der Waals surface area contributed by atoms with Crippen molar-refractivity contribution in [2.45, 2.75) is 0 Å². The molecule has 0 radical (unpaired) electrons. The van der Waals surface area contributed by atoms with Crippen LogP contribution in [0.2, 0.25) is 0 Å². The van der Waals surface area contributed by atoms with Crippen LogP contribution in [0, 0.1) is 10.1 Å². The van der Waals surface area contributed by atoms with E-state index in [1.54, 1.807) is 58.8 Å². The first-order valence-corrected chi connectivity index (χ1v) is 24.7. The van der Waals surface area contributed by atoms with Crippen molar-refractivity contribution in [3.8, 4) is 56.4 Å². The molecular weight excluding hydrogens is 941 g/mol. The molecule has 1 saturated heterocycles. The number of rotatable bonds is 9. The van der Waals surface area contributed by atoms with Crippen LogP contribution >= 0.6 is 0 Å². The van der Waals surface area contributed by atoms with E-state index in [4.69, 9.17) is 28.9 Å². The number of fused-ring (bicyclic) bond motifs is 8. The first kappa shape index (κ1) is 50.9. The number of carbonyl (C=O) groups excluding carboxylic acids is 1. The summed E-state index contributed by atoms with van der Waals surface area (Å²) in [6.07, 6.45) is 7.55. The Kier molecular flexibility index (Phi) is 16.6. The maximum atomic E-state index is 14.9. The molecule has 384 valence electrons. The summed E-state index contributed by atoms with van der Waals surface area (Å²) < 4.78 is 23.1. The van der Waals surface area contributed by atoms with Gasteiger partial charge in [-0.05, 0) is 90.0 Å². The van der Waals surface area contributed by atoms with Crippen molar-refractivity contribution < 1.29 is 28.7 Å². The Morgan fingerprint density at radius 3 is 1.39 bits per heavy atom. The maximum Gasteiger partial charge on any atom is 0.322 e. The van der Waals surface area contributed by atoms with E-state index < -0.39 is 0 Å². The van der Waals surface area contributed by atoms with Crippen LogP contribution < -0.4 is 50.8 Å². The Morgan fingerprint density at radius 2 is 0.919 bits per heavy atom. The zero-order chi connectivity index (χ0) is 51.4. The number of carbonyl (C=O) groups is 1. The van der Waals surface area contributed by atoms with Gasteiger partial charge in [0.15, 0.2) is 0 Å². The topological polar surface area (TPSA) is 230 Å². The highest BCUT2D eigenvalue weighted by Crippen LogP contribution is 2.42.